The summed E-state index contributed by atoms with van der Waals surface area (Å²) in [6.45, 7) is 4.33. The molecule has 2 N–H and O–H groups in total. The molecule has 1 aliphatic heterocycles. The molecule has 31 heavy (non-hydrogen) atoms. The third-order valence-electron chi connectivity index (χ3n) is 6.29. The molecule has 2 heterocycles. The first-order chi connectivity index (χ1) is 15.1. The minimum Gasteiger partial charge on any atom is -0.507 e. The van der Waals surface area contributed by atoms with Crippen molar-refractivity contribution in [2.45, 2.75) is 32.1 Å². The summed E-state index contributed by atoms with van der Waals surface area (Å²) in [4.78, 5) is 15.5. The first kappa shape index (κ1) is 21.1. The van der Waals surface area contributed by atoms with E-state index in [1.165, 1.54) is 6.42 Å². The van der Waals surface area contributed by atoms with E-state index in [0.717, 1.165) is 31.5 Å². The van der Waals surface area contributed by atoms with Gasteiger partial charge in [-0.1, -0.05) is 54.0 Å². The predicted molar refractivity (Wildman–Crippen MR) is 121 cm³/mol. The standard InChI is InChI=1S/C25H28N2O4/c1-17(26-30)20(16-27-14-8-3-9-15-27)22(18-10-4-2-5-11-18)23-24(28)19-12-6-7-13-21(19)31-25(23)29/h2,4-7,10-13,20,22,28,30H,3,8-9,14-16H2,1H3/b26-17-. The van der Waals surface area contributed by atoms with E-state index in [2.05, 4.69) is 10.1 Å². The SMILES string of the molecule is C/C(=N/O)C(CN1CCCCC1)C(c1ccccc1)c1c(O)c2ccccc2oc1=O. The van der Waals surface area contributed by atoms with Crippen LogP contribution in [0.3, 0.4) is 0 Å². The van der Waals surface area contributed by atoms with E-state index in [0.29, 0.717) is 23.2 Å². The first-order valence-electron chi connectivity index (χ1n) is 10.8. The molecule has 2 unspecified atom stereocenters. The Kier molecular flexibility index (Phi) is 6.37. The second-order valence-corrected chi connectivity index (χ2v) is 8.25. The van der Waals surface area contributed by atoms with Crippen molar-refractivity contribution in [3.8, 4) is 5.75 Å². The van der Waals surface area contributed by atoms with Gasteiger partial charge in [0.15, 0.2) is 0 Å². The molecular formula is C25H28N2O4. The zero-order valence-corrected chi connectivity index (χ0v) is 17.7. The van der Waals surface area contributed by atoms with Crippen LogP contribution in [0.4, 0.5) is 0 Å². The third kappa shape index (κ3) is 4.35. The normalized spacial score (nSPS) is 17.5. The minimum absolute atomic E-state index is 0.0740. The van der Waals surface area contributed by atoms with Gasteiger partial charge in [-0.15, -0.1) is 0 Å². The molecule has 6 nitrogen and oxygen atoms in total. The van der Waals surface area contributed by atoms with E-state index in [-0.39, 0.29) is 17.2 Å². The van der Waals surface area contributed by atoms with Crippen molar-refractivity contribution in [2.75, 3.05) is 19.6 Å². The van der Waals surface area contributed by atoms with Crippen molar-refractivity contribution in [1.82, 2.24) is 4.90 Å². The lowest BCUT2D eigenvalue weighted by Crippen LogP contribution is -2.39. The summed E-state index contributed by atoms with van der Waals surface area (Å²) in [6.07, 6.45) is 3.47. The van der Waals surface area contributed by atoms with Gasteiger partial charge >= 0.3 is 5.63 Å². The van der Waals surface area contributed by atoms with Gasteiger partial charge in [-0.05, 0) is 50.6 Å². The highest BCUT2D eigenvalue weighted by Gasteiger charge is 2.35. The van der Waals surface area contributed by atoms with Crippen molar-refractivity contribution in [3.05, 3.63) is 76.1 Å². The van der Waals surface area contributed by atoms with Crippen LogP contribution in [0.5, 0.6) is 5.75 Å². The fourth-order valence-corrected chi connectivity index (χ4v) is 4.66. The van der Waals surface area contributed by atoms with Crippen LogP contribution in [0, 0.1) is 5.92 Å². The van der Waals surface area contributed by atoms with E-state index in [1.54, 1.807) is 31.2 Å². The Morgan fingerprint density at radius 1 is 1.06 bits per heavy atom. The maximum Gasteiger partial charge on any atom is 0.343 e. The van der Waals surface area contributed by atoms with Gasteiger partial charge < -0.3 is 19.6 Å². The molecule has 0 amide bonds. The summed E-state index contributed by atoms with van der Waals surface area (Å²) >= 11 is 0. The van der Waals surface area contributed by atoms with Crippen LogP contribution in [0.25, 0.3) is 11.0 Å². The van der Waals surface area contributed by atoms with Gasteiger partial charge in [0.25, 0.3) is 0 Å². The Bertz CT molecular complexity index is 1120. The van der Waals surface area contributed by atoms with E-state index in [9.17, 15) is 15.1 Å². The van der Waals surface area contributed by atoms with Gasteiger partial charge in [0.1, 0.15) is 11.3 Å². The number of para-hydroxylation sites is 1. The lowest BCUT2D eigenvalue weighted by atomic mass is 9.78. The highest BCUT2D eigenvalue weighted by molar-refractivity contribution is 5.87. The maximum absolute atomic E-state index is 13.1. The number of fused-ring (bicyclic) bond motifs is 1. The monoisotopic (exact) mass is 420 g/mol. The van der Waals surface area contributed by atoms with Crippen molar-refractivity contribution < 1.29 is 14.7 Å². The lowest BCUT2D eigenvalue weighted by Gasteiger charge is -2.34. The number of likely N-dealkylation sites (tertiary alicyclic amines) is 1. The molecule has 0 radical (unpaired) electrons. The summed E-state index contributed by atoms with van der Waals surface area (Å²) in [5, 5.41) is 24.9. The quantitative estimate of drug-likeness (QED) is 0.264. The maximum atomic E-state index is 13.1. The number of benzene rings is 2. The van der Waals surface area contributed by atoms with E-state index in [1.807, 2.05) is 30.3 Å². The Hall–Kier alpha value is -3.12. The second-order valence-electron chi connectivity index (χ2n) is 8.25. The highest BCUT2D eigenvalue weighted by atomic mass is 16.4. The number of hydrogen-bond donors (Lipinski definition) is 2. The van der Waals surface area contributed by atoms with Crippen LogP contribution < -0.4 is 5.63 Å². The minimum atomic E-state index is -0.570. The zero-order chi connectivity index (χ0) is 21.8. The van der Waals surface area contributed by atoms with Gasteiger partial charge in [-0.3, -0.25) is 0 Å². The van der Waals surface area contributed by atoms with Crippen LogP contribution in [-0.4, -0.2) is 40.6 Å². The summed E-state index contributed by atoms with van der Waals surface area (Å²) in [6, 6.07) is 16.6. The fourth-order valence-electron chi connectivity index (χ4n) is 4.66. The molecule has 1 aromatic heterocycles. The lowest BCUT2D eigenvalue weighted by molar-refractivity contribution is 0.204. The molecular weight excluding hydrogens is 392 g/mol. The van der Waals surface area contributed by atoms with E-state index >= 15 is 0 Å². The number of hydrogen-bond acceptors (Lipinski definition) is 6. The molecule has 162 valence electrons. The number of oxime groups is 1. The van der Waals surface area contributed by atoms with Crippen molar-refractivity contribution in [3.63, 3.8) is 0 Å². The van der Waals surface area contributed by atoms with Crippen LogP contribution in [0.2, 0.25) is 0 Å². The second kappa shape index (κ2) is 9.35. The molecule has 2 aromatic carbocycles. The smallest absolute Gasteiger partial charge is 0.343 e. The van der Waals surface area contributed by atoms with Gasteiger partial charge in [0, 0.05) is 18.4 Å². The Morgan fingerprint density at radius 3 is 2.45 bits per heavy atom. The molecule has 4 rings (SSSR count). The van der Waals surface area contributed by atoms with Crippen LogP contribution >= 0.6 is 0 Å². The molecule has 1 saturated heterocycles. The molecule has 2 atom stereocenters. The summed E-state index contributed by atoms with van der Waals surface area (Å²) in [5.41, 5.74) is 1.37. The molecule has 1 aliphatic rings. The number of rotatable bonds is 6. The number of nitrogens with zero attached hydrogens (tertiary/aromatic N) is 2. The first-order valence-corrected chi connectivity index (χ1v) is 10.8. The largest absolute Gasteiger partial charge is 0.507 e. The average molecular weight is 421 g/mol. The fraction of sp³-hybridized carbons (Fsp3) is 0.360. The molecule has 6 heteroatoms. The van der Waals surface area contributed by atoms with Crippen LogP contribution in [0.15, 0.2) is 69.0 Å². The molecule has 0 aliphatic carbocycles. The van der Waals surface area contributed by atoms with Crippen LogP contribution in [0.1, 0.15) is 43.2 Å². The summed E-state index contributed by atoms with van der Waals surface area (Å²) < 4.78 is 5.60. The van der Waals surface area contributed by atoms with E-state index in [4.69, 9.17) is 4.42 Å². The van der Waals surface area contributed by atoms with Gasteiger partial charge in [0.2, 0.25) is 0 Å². The molecule has 1 fully saturated rings. The molecule has 3 aromatic rings. The van der Waals surface area contributed by atoms with Crippen molar-refractivity contribution >= 4 is 16.7 Å². The van der Waals surface area contributed by atoms with Gasteiger partial charge in [-0.25, -0.2) is 4.79 Å². The van der Waals surface area contributed by atoms with Gasteiger partial charge in [-0.2, -0.15) is 0 Å². The van der Waals surface area contributed by atoms with Crippen LogP contribution in [-0.2, 0) is 0 Å². The molecule has 0 saturated carbocycles. The topological polar surface area (TPSA) is 86.3 Å². The molecule has 0 bridgehead atoms. The van der Waals surface area contributed by atoms with E-state index < -0.39 is 11.5 Å². The Labute approximate surface area is 181 Å². The predicted octanol–water partition coefficient (Wildman–Crippen LogP) is 4.58. The summed E-state index contributed by atoms with van der Waals surface area (Å²) in [7, 11) is 0. The van der Waals surface area contributed by atoms with Crippen molar-refractivity contribution in [2.24, 2.45) is 11.1 Å². The summed E-state index contributed by atoms with van der Waals surface area (Å²) in [5.74, 6) is -0.893. The highest BCUT2D eigenvalue weighted by Crippen LogP contribution is 2.39. The third-order valence-corrected chi connectivity index (χ3v) is 6.29. The average Bonchev–Trinajstić information content (AvgIpc) is 2.81. The molecule has 0 spiro atoms. The number of piperidine rings is 1. The Morgan fingerprint density at radius 2 is 1.74 bits per heavy atom. The van der Waals surface area contributed by atoms with Crippen molar-refractivity contribution in [1.29, 1.82) is 0 Å². The Balaban J connectivity index is 1.90. The van der Waals surface area contributed by atoms with Gasteiger partial charge in [0.05, 0.1) is 16.7 Å². The number of aromatic hydroxyl groups is 1. The zero-order valence-electron chi connectivity index (χ0n) is 17.7.